The summed E-state index contributed by atoms with van der Waals surface area (Å²) >= 11 is 10.0. The third-order valence-electron chi connectivity index (χ3n) is 4.59. The van der Waals surface area contributed by atoms with Gasteiger partial charge >= 0.3 is 5.97 Å². The van der Waals surface area contributed by atoms with Gasteiger partial charge in [-0.15, -0.1) is 0 Å². The molecule has 0 aliphatic carbocycles. The highest BCUT2D eigenvalue weighted by Gasteiger charge is 2.33. The van der Waals surface area contributed by atoms with E-state index in [2.05, 4.69) is 15.9 Å². The first-order chi connectivity index (χ1) is 15.4. The van der Waals surface area contributed by atoms with Gasteiger partial charge in [0.25, 0.3) is 5.91 Å². The van der Waals surface area contributed by atoms with Crippen LogP contribution in [-0.4, -0.2) is 23.3 Å². The van der Waals surface area contributed by atoms with Gasteiger partial charge in [0.2, 0.25) is 0 Å². The third kappa shape index (κ3) is 4.93. The number of rotatable bonds is 5. The van der Waals surface area contributed by atoms with E-state index in [1.54, 1.807) is 61.7 Å². The predicted molar refractivity (Wildman–Crippen MR) is 134 cm³/mol. The van der Waals surface area contributed by atoms with Crippen LogP contribution in [0.15, 0.2) is 82.2 Å². The molecule has 0 N–H and O–H groups in total. The highest BCUT2D eigenvalue weighted by Crippen LogP contribution is 2.36. The maximum atomic E-state index is 12.9. The SMILES string of the molecule is COc1ccc(C(=O)Oc2ccc(/C=C3/SC(=S)N(c4ccc(Br)cc4)C3=O)cc2)cc1. The first-order valence-corrected chi connectivity index (χ1v) is 11.5. The second-order valence-electron chi connectivity index (χ2n) is 6.68. The van der Waals surface area contributed by atoms with Gasteiger partial charge in [0.15, 0.2) is 4.32 Å². The largest absolute Gasteiger partial charge is 0.497 e. The molecule has 4 rings (SSSR count). The number of benzene rings is 3. The highest BCUT2D eigenvalue weighted by molar-refractivity contribution is 9.10. The van der Waals surface area contributed by atoms with Crippen molar-refractivity contribution in [3.8, 4) is 11.5 Å². The van der Waals surface area contributed by atoms with Crippen molar-refractivity contribution in [3.05, 3.63) is 93.3 Å². The van der Waals surface area contributed by atoms with Crippen LogP contribution in [0.3, 0.4) is 0 Å². The lowest BCUT2D eigenvalue weighted by Gasteiger charge is -2.14. The summed E-state index contributed by atoms with van der Waals surface area (Å²) in [6.45, 7) is 0. The Morgan fingerprint density at radius 3 is 2.22 bits per heavy atom. The molecule has 0 bridgehead atoms. The molecule has 8 heteroatoms. The van der Waals surface area contributed by atoms with Crippen molar-refractivity contribution < 1.29 is 19.1 Å². The van der Waals surface area contributed by atoms with Crippen molar-refractivity contribution in [2.45, 2.75) is 0 Å². The minimum absolute atomic E-state index is 0.169. The minimum atomic E-state index is -0.462. The Morgan fingerprint density at radius 1 is 0.969 bits per heavy atom. The summed E-state index contributed by atoms with van der Waals surface area (Å²) in [5, 5.41) is 0. The molecule has 0 spiro atoms. The molecule has 160 valence electrons. The Kier molecular flexibility index (Phi) is 6.74. The number of methoxy groups -OCH3 is 1. The molecule has 32 heavy (non-hydrogen) atoms. The smallest absolute Gasteiger partial charge is 0.343 e. The molecular formula is C24H16BrNO4S2. The van der Waals surface area contributed by atoms with Crippen LogP contribution in [0.5, 0.6) is 11.5 Å². The fraction of sp³-hybridized carbons (Fsp3) is 0.0417. The number of thioether (sulfide) groups is 1. The average molecular weight is 526 g/mol. The third-order valence-corrected chi connectivity index (χ3v) is 6.42. The van der Waals surface area contributed by atoms with Gasteiger partial charge in [-0.25, -0.2) is 4.79 Å². The van der Waals surface area contributed by atoms with E-state index in [1.807, 2.05) is 24.3 Å². The van der Waals surface area contributed by atoms with Crippen LogP contribution in [0.1, 0.15) is 15.9 Å². The normalized spacial score (nSPS) is 14.7. The van der Waals surface area contributed by atoms with Gasteiger partial charge < -0.3 is 9.47 Å². The molecule has 0 aromatic heterocycles. The number of nitrogens with zero attached hydrogens (tertiary/aromatic N) is 1. The quantitative estimate of drug-likeness (QED) is 0.174. The fourth-order valence-electron chi connectivity index (χ4n) is 2.96. The van der Waals surface area contributed by atoms with Gasteiger partial charge in [-0.1, -0.05) is 52.0 Å². The number of carbonyl (C=O) groups excluding carboxylic acids is 2. The van der Waals surface area contributed by atoms with Crippen LogP contribution in [0.4, 0.5) is 5.69 Å². The summed E-state index contributed by atoms with van der Waals surface area (Å²) in [6, 6.07) is 21.0. The molecule has 0 unspecified atom stereocenters. The lowest BCUT2D eigenvalue weighted by atomic mass is 10.2. The predicted octanol–water partition coefficient (Wildman–Crippen LogP) is 6.08. The number of esters is 1. The fourth-order valence-corrected chi connectivity index (χ4v) is 4.52. The molecule has 1 saturated heterocycles. The number of halogens is 1. The Balaban J connectivity index is 1.45. The Morgan fingerprint density at radius 2 is 1.59 bits per heavy atom. The summed E-state index contributed by atoms with van der Waals surface area (Å²) in [4.78, 5) is 27.2. The summed E-state index contributed by atoms with van der Waals surface area (Å²) in [6.07, 6.45) is 1.77. The van der Waals surface area contributed by atoms with Gasteiger partial charge in [-0.2, -0.15) is 0 Å². The van der Waals surface area contributed by atoms with Gasteiger partial charge in [0, 0.05) is 4.47 Å². The van der Waals surface area contributed by atoms with Gasteiger partial charge in [-0.3, -0.25) is 9.69 Å². The van der Waals surface area contributed by atoms with E-state index in [-0.39, 0.29) is 5.91 Å². The van der Waals surface area contributed by atoms with Crippen molar-refractivity contribution in [2.24, 2.45) is 0 Å². The molecule has 0 radical (unpaired) electrons. The van der Waals surface area contributed by atoms with Crippen LogP contribution in [0, 0.1) is 0 Å². The van der Waals surface area contributed by atoms with E-state index in [4.69, 9.17) is 21.7 Å². The number of ether oxygens (including phenoxy) is 2. The average Bonchev–Trinajstić information content (AvgIpc) is 3.08. The van der Waals surface area contributed by atoms with Crippen molar-refractivity contribution in [1.82, 2.24) is 0 Å². The Bertz CT molecular complexity index is 1210. The van der Waals surface area contributed by atoms with Crippen molar-refractivity contribution in [2.75, 3.05) is 12.0 Å². The van der Waals surface area contributed by atoms with E-state index in [0.29, 0.717) is 26.3 Å². The number of hydrogen-bond donors (Lipinski definition) is 0. The van der Waals surface area contributed by atoms with Crippen molar-refractivity contribution >= 4 is 67.9 Å². The molecule has 0 saturated carbocycles. The highest BCUT2D eigenvalue weighted by atomic mass is 79.9. The van der Waals surface area contributed by atoms with Crippen LogP contribution in [-0.2, 0) is 4.79 Å². The molecule has 3 aromatic rings. The number of anilines is 1. The molecule has 3 aromatic carbocycles. The Labute approximate surface area is 203 Å². The zero-order chi connectivity index (χ0) is 22.7. The molecule has 5 nitrogen and oxygen atoms in total. The summed E-state index contributed by atoms with van der Waals surface area (Å²) < 4.78 is 11.9. The first kappa shape index (κ1) is 22.3. The van der Waals surface area contributed by atoms with E-state index >= 15 is 0 Å². The van der Waals surface area contributed by atoms with E-state index in [9.17, 15) is 9.59 Å². The van der Waals surface area contributed by atoms with Crippen LogP contribution < -0.4 is 14.4 Å². The molecular weight excluding hydrogens is 510 g/mol. The zero-order valence-electron chi connectivity index (χ0n) is 16.8. The molecule has 1 aliphatic heterocycles. The van der Waals surface area contributed by atoms with Crippen molar-refractivity contribution in [1.29, 1.82) is 0 Å². The maximum absolute atomic E-state index is 12.9. The zero-order valence-corrected chi connectivity index (χ0v) is 20.0. The van der Waals surface area contributed by atoms with Gasteiger partial charge in [0.05, 0.1) is 23.3 Å². The van der Waals surface area contributed by atoms with Crippen LogP contribution in [0.25, 0.3) is 6.08 Å². The topological polar surface area (TPSA) is 55.8 Å². The number of carbonyl (C=O) groups is 2. The molecule has 0 atom stereocenters. The second-order valence-corrected chi connectivity index (χ2v) is 9.27. The van der Waals surface area contributed by atoms with E-state index < -0.39 is 5.97 Å². The second kappa shape index (κ2) is 9.68. The van der Waals surface area contributed by atoms with Gasteiger partial charge in [0.1, 0.15) is 11.5 Å². The summed E-state index contributed by atoms with van der Waals surface area (Å²) in [7, 11) is 1.56. The van der Waals surface area contributed by atoms with Gasteiger partial charge in [-0.05, 0) is 72.3 Å². The van der Waals surface area contributed by atoms with Crippen LogP contribution in [0.2, 0.25) is 0 Å². The lowest BCUT2D eigenvalue weighted by molar-refractivity contribution is -0.113. The van der Waals surface area contributed by atoms with Crippen molar-refractivity contribution in [3.63, 3.8) is 0 Å². The monoisotopic (exact) mass is 525 g/mol. The lowest BCUT2D eigenvalue weighted by Crippen LogP contribution is -2.27. The van der Waals surface area contributed by atoms with Crippen LogP contribution >= 0.6 is 39.9 Å². The summed E-state index contributed by atoms with van der Waals surface area (Å²) in [5.74, 6) is 0.440. The number of hydrogen-bond acceptors (Lipinski definition) is 6. The molecule has 1 amide bonds. The Hall–Kier alpha value is -2.94. The first-order valence-electron chi connectivity index (χ1n) is 9.44. The molecule has 1 fully saturated rings. The molecule has 1 aliphatic rings. The standard InChI is InChI=1S/C24H16BrNO4S2/c1-29-19-12-4-16(5-13-19)23(28)30-20-10-2-15(3-11-20)14-21-22(27)26(24(31)32-21)18-8-6-17(25)7-9-18/h2-14H,1H3/b21-14+. The summed E-state index contributed by atoms with van der Waals surface area (Å²) in [5.41, 5.74) is 1.94. The number of thiocarbonyl (C=S) groups is 1. The molecule has 1 heterocycles. The minimum Gasteiger partial charge on any atom is -0.497 e. The van der Waals surface area contributed by atoms with E-state index in [1.165, 1.54) is 16.7 Å². The maximum Gasteiger partial charge on any atom is 0.343 e. The van der Waals surface area contributed by atoms with E-state index in [0.717, 1.165) is 15.7 Å². The number of amides is 1.